The summed E-state index contributed by atoms with van der Waals surface area (Å²) < 4.78 is 13.2. The number of rotatable bonds is 3. The summed E-state index contributed by atoms with van der Waals surface area (Å²) in [4.78, 5) is 0. The molecule has 2 heterocycles. The van der Waals surface area contributed by atoms with Crippen LogP contribution in [0.3, 0.4) is 0 Å². The van der Waals surface area contributed by atoms with Gasteiger partial charge in [-0.2, -0.15) is 0 Å². The molecule has 0 amide bonds. The molecule has 0 radical (unpaired) electrons. The maximum atomic E-state index is 6.69. The lowest BCUT2D eigenvalue weighted by atomic mass is 9.83. The topological polar surface area (TPSA) is 26.3 Å². The molecule has 0 spiro atoms. The molecule has 2 heteroatoms. The van der Waals surface area contributed by atoms with Crippen LogP contribution in [-0.2, 0) is 0 Å². The van der Waals surface area contributed by atoms with E-state index in [9.17, 15) is 0 Å². The average Bonchev–Trinajstić information content (AvgIpc) is 3.79. The molecule has 232 valence electrons. The summed E-state index contributed by atoms with van der Waals surface area (Å²) in [5.41, 5.74) is 8.32. The van der Waals surface area contributed by atoms with Crippen LogP contribution in [0.15, 0.2) is 179 Å². The zero-order chi connectivity index (χ0) is 32.8. The Balaban J connectivity index is 1.24. The molecule has 0 N–H and O–H groups in total. The van der Waals surface area contributed by atoms with E-state index >= 15 is 0 Å². The maximum Gasteiger partial charge on any atom is 0.178 e. The fourth-order valence-electron chi connectivity index (χ4n) is 8.30. The third-order valence-corrected chi connectivity index (χ3v) is 10.4. The molecule has 9 aromatic carbocycles. The van der Waals surface area contributed by atoms with Crippen LogP contribution in [0, 0.1) is 0 Å². The maximum absolute atomic E-state index is 6.69. The van der Waals surface area contributed by atoms with Crippen molar-refractivity contribution in [2.75, 3.05) is 0 Å². The quantitative estimate of drug-likeness (QED) is 0.142. The van der Waals surface area contributed by atoms with Gasteiger partial charge in [-0.05, 0) is 89.6 Å². The molecule has 11 rings (SSSR count). The number of hydrogen-bond acceptors (Lipinski definition) is 2. The summed E-state index contributed by atoms with van der Waals surface area (Å²) in [6.45, 7) is 0. The van der Waals surface area contributed by atoms with Gasteiger partial charge in [-0.3, -0.25) is 0 Å². The highest BCUT2D eigenvalue weighted by Gasteiger charge is 2.23. The zero-order valence-electron chi connectivity index (χ0n) is 27.0. The Hall–Kier alpha value is -6.64. The summed E-state index contributed by atoms with van der Waals surface area (Å²) in [6, 6.07) is 60.9. The summed E-state index contributed by atoms with van der Waals surface area (Å²) in [6.07, 6.45) is 0. The molecule has 0 bridgehead atoms. The van der Waals surface area contributed by atoms with E-state index in [-0.39, 0.29) is 0 Å². The van der Waals surface area contributed by atoms with E-state index in [1.165, 1.54) is 59.8 Å². The minimum absolute atomic E-state index is 0.775. The van der Waals surface area contributed by atoms with Gasteiger partial charge >= 0.3 is 0 Å². The van der Waals surface area contributed by atoms with E-state index < -0.39 is 0 Å². The SMILES string of the molecule is c1ccc(-c2cc3ccc4c(oc5cccc(-c6c7ccccc7c(-c7cc8ccccc8c8ccccc78)c7ccccc67)c54)c3o2)cc1. The first kappa shape index (κ1) is 27.3. The van der Waals surface area contributed by atoms with E-state index in [2.05, 4.69) is 152 Å². The molecule has 0 unspecified atom stereocenters. The lowest BCUT2D eigenvalue weighted by Gasteiger charge is -2.20. The Kier molecular flexibility index (Phi) is 5.70. The Bertz CT molecular complexity index is 3080. The monoisotopic (exact) mass is 636 g/mol. The molecule has 0 aliphatic carbocycles. The van der Waals surface area contributed by atoms with Crippen molar-refractivity contribution in [2.24, 2.45) is 0 Å². The smallest absolute Gasteiger partial charge is 0.178 e. The molecule has 0 saturated heterocycles. The van der Waals surface area contributed by atoms with Crippen LogP contribution in [0.5, 0.6) is 0 Å². The van der Waals surface area contributed by atoms with Gasteiger partial charge in [-0.15, -0.1) is 0 Å². The van der Waals surface area contributed by atoms with Crippen molar-refractivity contribution in [2.45, 2.75) is 0 Å². The second kappa shape index (κ2) is 10.4. The molecule has 2 aromatic heterocycles. The Labute approximate surface area is 287 Å². The van der Waals surface area contributed by atoms with Crippen LogP contribution in [0.25, 0.3) is 110 Å². The zero-order valence-corrected chi connectivity index (χ0v) is 27.0. The van der Waals surface area contributed by atoms with E-state index in [1.807, 2.05) is 18.2 Å². The third kappa shape index (κ3) is 3.85. The van der Waals surface area contributed by atoms with Crippen molar-refractivity contribution >= 4 is 76.0 Å². The normalized spacial score (nSPS) is 12.0. The highest BCUT2D eigenvalue weighted by molar-refractivity contribution is 6.29. The summed E-state index contributed by atoms with van der Waals surface area (Å²) in [5.74, 6) is 0.836. The number of fused-ring (bicyclic) bond motifs is 10. The van der Waals surface area contributed by atoms with Crippen LogP contribution < -0.4 is 0 Å². The fourth-order valence-corrected chi connectivity index (χ4v) is 8.30. The Morgan fingerprint density at radius 2 is 0.920 bits per heavy atom. The number of hydrogen-bond donors (Lipinski definition) is 0. The van der Waals surface area contributed by atoms with E-state index in [0.717, 1.165) is 49.8 Å². The largest absolute Gasteiger partial charge is 0.452 e. The van der Waals surface area contributed by atoms with Crippen molar-refractivity contribution in [3.63, 3.8) is 0 Å². The van der Waals surface area contributed by atoms with Crippen LogP contribution in [0.4, 0.5) is 0 Å². The summed E-state index contributed by atoms with van der Waals surface area (Å²) in [7, 11) is 0. The standard InChI is InChI=1S/C48H28O2/c1-2-13-29(14-3-1)43-28-31-25-26-40-46-39(23-12-24-42(46)49-48(40)47(31)50-43)44-35-19-8-10-21-37(35)45(38-22-11-9-20-36(38)44)41-27-30-15-4-5-16-32(30)33-17-6-7-18-34(33)41/h1-28H. The molecular weight excluding hydrogens is 609 g/mol. The van der Waals surface area contributed by atoms with Crippen molar-refractivity contribution in [3.05, 3.63) is 170 Å². The second-order valence-electron chi connectivity index (χ2n) is 13.2. The number of furan rings is 2. The highest BCUT2D eigenvalue weighted by atomic mass is 16.4. The van der Waals surface area contributed by atoms with Gasteiger partial charge in [0.15, 0.2) is 11.2 Å². The lowest BCUT2D eigenvalue weighted by molar-refractivity contribution is 0.611. The number of benzene rings is 9. The van der Waals surface area contributed by atoms with Gasteiger partial charge in [0.2, 0.25) is 0 Å². The second-order valence-corrected chi connectivity index (χ2v) is 13.2. The van der Waals surface area contributed by atoms with E-state index in [0.29, 0.717) is 0 Å². The van der Waals surface area contributed by atoms with E-state index in [1.54, 1.807) is 0 Å². The molecule has 11 aromatic rings. The van der Waals surface area contributed by atoms with Crippen molar-refractivity contribution in [3.8, 4) is 33.6 Å². The van der Waals surface area contributed by atoms with Crippen molar-refractivity contribution < 1.29 is 8.83 Å². The lowest BCUT2D eigenvalue weighted by Crippen LogP contribution is -1.92. The van der Waals surface area contributed by atoms with Crippen molar-refractivity contribution in [1.29, 1.82) is 0 Å². The fraction of sp³-hybridized carbons (Fsp3) is 0. The molecule has 0 atom stereocenters. The molecule has 2 nitrogen and oxygen atoms in total. The van der Waals surface area contributed by atoms with Gasteiger partial charge in [-0.25, -0.2) is 0 Å². The van der Waals surface area contributed by atoms with E-state index in [4.69, 9.17) is 8.83 Å². The van der Waals surface area contributed by atoms with Gasteiger partial charge < -0.3 is 8.83 Å². The molecule has 0 aliphatic rings. The predicted molar refractivity (Wildman–Crippen MR) is 210 cm³/mol. The Morgan fingerprint density at radius 1 is 0.320 bits per heavy atom. The van der Waals surface area contributed by atoms with Gasteiger partial charge in [0.1, 0.15) is 11.3 Å². The summed E-state index contributed by atoms with van der Waals surface area (Å²) in [5, 5.41) is 13.1. The average molecular weight is 637 g/mol. The molecule has 0 aliphatic heterocycles. The van der Waals surface area contributed by atoms with Gasteiger partial charge in [0.25, 0.3) is 0 Å². The minimum Gasteiger partial charge on any atom is -0.452 e. The first-order valence-corrected chi connectivity index (χ1v) is 17.1. The predicted octanol–water partition coefficient (Wildman–Crippen LogP) is 13.9. The van der Waals surface area contributed by atoms with Crippen LogP contribution >= 0.6 is 0 Å². The van der Waals surface area contributed by atoms with Gasteiger partial charge in [0, 0.05) is 21.7 Å². The van der Waals surface area contributed by atoms with Crippen LogP contribution in [0.2, 0.25) is 0 Å². The summed E-state index contributed by atoms with van der Waals surface area (Å²) >= 11 is 0. The van der Waals surface area contributed by atoms with Gasteiger partial charge in [0.05, 0.1) is 0 Å². The first-order chi connectivity index (χ1) is 24.8. The molecule has 0 fully saturated rings. The molecule has 0 saturated carbocycles. The third-order valence-electron chi connectivity index (χ3n) is 10.4. The first-order valence-electron chi connectivity index (χ1n) is 17.1. The molecular formula is C48H28O2. The van der Waals surface area contributed by atoms with Crippen molar-refractivity contribution in [1.82, 2.24) is 0 Å². The van der Waals surface area contributed by atoms with Crippen LogP contribution in [-0.4, -0.2) is 0 Å². The highest BCUT2D eigenvalue weighted by Crippen LogP contribution is 2.49. The molecule has 50 heavy (non-hydrogen) atoms. The minimum atomic E-state index is 0.775. The Morgan fingerprint density at radius 3 is 1.64 bits per heavy atom. The van der Waals surface area contributed by atoms with Gasteiger partial charge in [-0.1, -0.05) is 146 Å². The van der Waals surface area contributed by atoms with Crippen LogP contribution in [0.1, 0.15) is 0 Å².